The average molecular weight is 299 g/mol. The number of hydrogen-bond acceptors (Lipinski definition) is 3. The van der Waals surface area contributed by atoms with Crippen molar-refractivity contribution >= 4 is 5.91 Å². The van der Waals surface area contributed by atoms with Crippen LogP contribution in [-0.2, 0) is 6.54 Å². The van der Waals surface area contributed by atoms with Crippen LogP contribution < -0.4 is 5.32 Å². The largest absolute Gasteiger partial charge is 0.460 e. The lowest BCUT2D eigenvalue weighted by molar-refractivity contribution is 0.0946. The lowest BCUT2D eigenvalue weighted by Gasteiger charge is -2.03. The molecular formula is C16H14FN3O2. The van der Waals surface area contributed by atoms with Gasteiger partial charge in [-0.1, -0.05) is 12.1 Å². The number of amides is 1. The number of nitrogens with one attached hydrogen (secondary N) is 2. The second-order valence-electron chi connectivity index (χ2n) is 4.89. The molecule has 0 unspecified atom stereocenters. The van der Waals surface area contributed by atoms with Crippen LogP contribution in [0.5, 0.6) is 0 Å². The van der Waals surface area contributed by atoms with Crippen molar-refractivity contribution in [2.45, 2.75) is 13.5 Å². The van der Waals surface area contributed by atoms with Crippen molar-refractivity contribution < 1.29 is 13.6 Å². The number of benzene rings is 1. The number of H-pyrrole nitrogens is 1. The lowest BCUT2D eigenvalue weighted by Crippen LogP contribution is -2.23. The van der Waals surface area contributed by atoms with Crippen LogP contribution in [0, 0.1) is 12.7 Å². The quantitative estimate of drug-likeness (QED) is 0.778. The maximum atomic E-state index is 13.1. The van der Waals surface area contributed by atoms with Gasteiger partial charge in [-0.05, 0) is 36.8 Å². The van der Waals surface area contributed by atoms with E-state index in [0.717, 1.165) is 5.76 Å². The van der Waals surface area contributed by atoms with Crippen molar-refractivity contribution in [3.8, 4) is 11.5 Å². The molecule has 2 aromatic heterocycles. The van der Waals surface area contributed by atoms with Gasteiger partial charge in [0.2, 0.25) is 0 Å². The Hall–Kier alpha value is -2.89. The van der Waals surface area contributed by atoms with E-state index in [1.54, 1.807) is 24.3 Å². The third-order valence-electron chi connectivity index (χ3n) is 3.16. The summed E-state index contributed by atoms with van der Waals surface area (Å²) in [7, 11) is 0. The van der Waals surface area contributed by atoms with Crippen molar-refractivity contribution in [2.24, 2.45) is 0 Å². The molecule has 1 amide bonds. The zero-order valence-electron chi connectivity index (χ0n) is 11.9. The molecule has 2 heterocycles. The van der Waals surface area contributed by atoms with E-state index < -0.39 is 0 Å². The molecule has 22 heavy (non-hydrogen) atoms. The molecule has 0 aliphatic carbocycles. The monoisotopic (exact) mass is 299 g/mol. The van der Waals surface area contributed by atoms with Crippen LogP contribution in [0.3, 0.4) is 0 Å². The fourth-order valence-corrected chi connectivity index (χ4v) is 2.06. The molecule has 0 saturated carbocycles. The normalized spacial score (nSPS) is 10.6. The number of halogens is 1. The summed E-state index contributed by atoms with van der Waals surface area (Å²) in [4.78, 5) is 12.0. The number of nitrogens with zero attached hydrogens (tertiary/aromatic N) is 1. The Morgan fingerprint density at radius 3 is 2.91 bits per heavy atom. The van der Waals surface area contributed by atoms with Crippen LogP contribution in [0.1, 0.15) is 21.8 Å². The van der Waals surface area contributed by atoms with E-state index in [1.165, 1.54) is 12.1 Å². The minimum atomic E-state index is -0.338. The number of rotatable bonds is 4. The van der Waals surface area contributed by atoms with Crippen LogP contribution in [0.15, 0.2) is 46.9 Å². The standard InChI is InChI=1S/C16H14FN3O2/c1-10-5-6-15(22-10)13-8-14(20-19-13)16(21)18-9-11-3-2-4-12(17)7-11/h2-8H,9H2,1H3,(H,18,21)(H,19,20). The number of aryl methyl sites for hydroxylation is 1. The molecule has 0 spiro atoms. The Bertz CT molecular complexity index is 807. The summed E-state index contributed by atoms with van der Waals surface area (Å²) in [6, 6.07) is 11.3. The Labute approximate surface area is 126 Å². The van der Waals surface area contributed by atoms with Gasteiger partial charge in [-0.25, -0.2) is 4.39 Å². The zero-order valence-corrected chi connectivity index (χ0v) is 11.9. The second-order valence-corrected chi connectivity index (χ2v) is 4.89. The van der Waals surface area contributed by atoms with E-state index in [0.29, 0.717) is 17.0 Å². The predicted molar refractivity (Wildman–Crippen MR) is 78.6 cm³/mol. The fourth-order valence-electron chi connectivity index (χ4n) is 2.06. The van der Waals surface area contributed by atoms with Crippen molar-refractivity contribution in [2.75, 3.05) is 0 Å². The molecule has 0 fully saturated rings. The van der Waals surface area contributed by atoms with Crippen LogP contribution >= 0.6 is 0 Å². The predicted octanol–water partition coefficient (Wildman–Crippen LogP) is 3.05. The van der Waals surface area contributed by atoms with Crippen molar-refractivity contribution in [1.29, 1.82) is 0 Å². The molecule has 6 heteroatoms. The number of furan rings is 1. The molecule has 0 aliphatic heterocycles. The molecule has 3 aromatic rings. The summed E-state index contributed by atoms with van der Waals surface area (Å²) in [5.74, 6) is 0.730. The minimum Gasteiger partial charge on any atom is -0.460 e. The summed E-state index contributed by atoms with van der Waals surface area (Å²) in [6.07, 6.45) is 0. The van der Waals surface area contributed by atoms with Crippen molar-refractivity contribution in [3.05, 3.63) is 65.3 Å². The molecule has 112 valence electrons. The van der Waals surface area contributed by atoms with E-state index in [9.17, 15) is 9.18 Å². The maximum absolute atomic E-state index is 13.1. The topological polar surface area (TPSA) is 70.9 Å². The molecule has 2 N–H and O–H groups in total. The van der Waals surface area contributed by atoms with Crippen LogP contribution in [0.4, 0.5) is 4.39 Å². The van der Waals surface area contributed by atoms with Gasteiger partial charge in [-0.3, -0.25) is 9.89 Å². The number of aromatic amines is 1. The Morgan fingerprint density at radius 2 is 2.18 bits per heavy atom. The first-order valence-electron chi connectivity index (χ1n) is 6.77. The summed E-state index contributed by atoms with van der Waals surface area (Å²) in [6.45, 7) is 2.07. The molecule has 3 rings (SSSR count). The maximum Gasteiger partial charge on any atom is 0.272 e. The molecule has 0 radical (unpaired) electrons. The Kier molecular flexibility index (Phi) is 3.74. The average Bonchev–Trinajstić information content (AvgIpc) is 3.13. The first kappa shape index (κ1) is 14.1. The van der Waals surface area contributed by atoms with Gasteiger partial charge in [0.05, 0.1) is 0 Å². The SMILES string of the molecule is Cc1ccc(-c2cc(C(=O)NCc3cccc(F)c3)n[nH]2)o1. The number of aromatic nitrogens is 2. The van der Waals surface area contributed by atoms with E-state index in [2.05, 4.69) is 15.5 Å². The van der Waals surface area contributed by atoms with Crippen molar-refractivity contribution in [3.63, 3.8) is 0 Å². The first-order valence-corrected chi connectivity index (χ1v) is 6.77. The van der Waals surface area contributed by atoms with Gasteiger partial charge in [-0.2, -0.15) is 5.10 Å². The zero-order chi connectivity index (χ0) is 15.5. The van der Waals surface area contributed by atoms with E-state index in [1.807, 2.05) is 13.0 Å². The highest BCUT2D eigenvalue weighted by atomic mass is 19.1. The first-order chi connectivity index (χ1) is 10.6. The number of hydrogen-bond donors (Lipinski definition) is 2. The summed E-state index contributed by atoms with van der Waals surface area (Å²) < 4.78 is 18.5. The summed E-state index contributed by atoms with van der Waals surface area (Å²) >= 11 is 0. The van der Waals surface area contributed by atoms with Crippen LogP contribution in [0.2, 0.25) is 0 Å². The van der Waals surface area contributed by atoms with Gasteiger partial charge in [0.1, 0.15) is 17.3 Å². The highest BCUT2D eigenvalue weighted by Gasteiger charge is 2.13. The van der Waals surface area contributed by atoms with Crippen LogP contribution in [0.25, 0.3) is 11.5 Å². The van der Waals surface area contributed by atoms with E-state index in [4.69, 9.17) is 4.42 Å². The molecule has 0 aliphatic rings. The van der Waals surface area contributed by atoms with Gasteiger partial charge >= 0.3 is 0 Å². The molecule has 0 atom stereocenters. The van der Waals surface area contributed by atoms with Gasteiger partial charge in [0.15, 0.2) is 11.5 Å². The highest BCUT2D eigenvalue weighted by Crippen LogP contribution is 2.20. The molecular weight excluding hydrogens is 285 g/mol. The third kappa shape index (κ3) is 3.06. The highest BCUT2D eigenvalue weighted by molar-refractivity contribution is 5.93. The Balaban J connectivity index is 1.67. The van der Waals surface area contributed by atoms with Crippen LogP contribution in [-0.4, -0.2) is 16.1 Å². The molecule has 5 nitrogen and oxygen atoms in total. The summed E-state index contributed by atoms with van der Waals surface area (Å²) in [5, 5.41) is 9.41. The molecule has 1 aromatic carbocycles. The fraction of sp³-hybridized carbons (Fsp3) is 0.125. The summed E-state index contributed by atoms with van der Waals surface area (Å²) in [5.41, 5.74) is 1.57. The van der Waals surface area contributed by atoms with E-state index >= 15 is 0 Å². The lowest BCUT2D eigenvalue weighted by atomic mass is 10.2. The number of carbonyl (C=O) groups excluding carboxylic acids is 1. The minimum absolute atomic E-state index is 0.235. The Morgan fingerprint density at radius 1 is 1.32 bits per heavy atom. The smallest absolute Gasteiger partial charge is 0.272 e. The van der Waals surface area contributed by atoms with Gasteiger partial charge in [0.25, 0.3) is 5.91 Å². The second kappa shape index (κ2) is 5.85. The molecule has 0 bridgehead atoms. The molecule has 0 saturated heterocycles. The van der Waals surface area contributed by atoms with E-state index in [-0.39, 0.29) is 24.0 Å². The van der Waals surface area contributed by atoms with Gasteiger partial charge < -0.3 is 9.73 Å². The van der Waals surface area contributed by atoms with Crippen molar-refractivity contribution in [1.82, 2.24) is 15.5 Å². The number of carbonyl (C=O) groups is 1. The van der Waals surface area contributed by atoms with Gasteiger partial charge in [-0.15, -0.1) is 0 Å². The third-order valence-corrected chi connectivity index (χ3v) is 3.16. The van der Waals surface area contributed by atoms with Gasteiger partial charge in [0, 0.05) is 12.6 Å².